The number of amides is 2. The second-order valence-electron chi connectivity index (χ2n) is 10.0. The van der Waals surface area contributed by atoms with Crippen LogP contribution in [0.3, 0.4) is 0 Å². The molecule has 0 atom stereocenters. The minimum atomic E-state index is -0.563. The summed E-state index contributed by atoms with van der Waals surface area (Å²) in [5.41, 5.74) is 2.98. The smallest absolute Gasteiger partial charge is 0.410 e. The van der Waals surface area contributed by atoms with Crippen molar-refractivity contribution in [2.75, 3.05) is 18.4 Å². The van der Waals surface area contributed by atoms with Gasteiger partial charge in [-0.2, -0.15) is 5.10 Å². The predicted octanol–water partition coefficient (Wildman–Crippen LogP) is 6.34. The standard InChI is InChI=1S/C27H30ClFN4O3/c1-17-5-8-20(9-6-17)33-24(18-11-13-32(14-12-18)26(35)36-27(2,3)4)21(16-30-33)25(34)31-19-7-10-23(29)22(28)15-19/h5-10,15-16,18H,11-14H2,1-4H3,(H,31,34). The second-order valence-corrected chi connectivity index (χ2v) is 10.4. The van der Waals surface area contributed by atoms with Crippen LogP contribution in [0.2, 0.25) is 5.02 Å². The van der Waals surface area contributed by atoms with Gasteiger partial charge in [0.15, 0.2) is 0 Å². The normalized spacial score (nSPS) is 14.6. The van der Waals surface area contributed by atoms with Crippen molar-refractivity contribution in [1.82, 2.24) is 14.7 Å². The number of ether oxygens (including phenoxy) is 1. The van der Waals surface area contributed by atoms with E-state index in [1.807, 2.05) is 52.0 Å². The van der Waals surface area contributed by atoms with Gasteiger partial charge in [-0.05, 0) is 70.9 Å². The topological polar surface area (TPSA) is 76.5 Å². The lowest BCUT2D eigenvalue weighted by Gasteiger charge is -2.34. The molecule has 36 heavy (non-hydrogen) atoms. The highest BCUT2D eigenvalue weighted by atomic mass is 35.5. The molecule has 2 amide bonds. The van der Waals surface area contributed by atoms with Gasteiger partial charge >= 0.3 is 6.09 Å². The van der Waals surface area contributed by atoms with Gasteiger partial charge in [0.2, 0.25) is 0 Å². The number of nitrogens with one attached hydrogen (secondary N) is 1. The summed E-state index contributed by atoms with van der Waals surface area (Å²) in [5.74, 6) is -0.926. The summed E-state index contributed by atoms with van der Waals surface area (Å²) < 4.78 is 20.9. The van der Waals surface area contributed by atoms with E-state index in [0.29, 0.717) is 37.2 Å². The fourth-order valence-electron chi connectivity index (χ4n) is 4.25. The number of aryl methyl sites for hydroxylation is 1. The van der Waals surface area contributed by atoms with Crippen LogP contribution < -0.4 is 5.32 Å². The largest absolute Gasteiger partial charge is 0.444 e. The number of anilines is 1. The van der Waals surface area contributed by atoms with Gasteiger partial charge in [-0.25, -0.2) is 13.9 Å². The third-order valence-electron chi connectivity index (χ3n) is 6.04. The SMILES string of the molecule is Cc1ccc(-n2ncc(C(=O)Nc3ccc(F)c(Cl)c3)c2C2CCN(C(=O)OC(C)(C)C)CC2)cc1. The lowest BCUT2D eigenvalue weighted by Crippen LogP contribution is -2.41. The van der Waals surface area contributed by atoms with E-state index >= 15 is 0 Å². The average molecular weight is 513 g/mol. The maximum absolute atomic E-state index is 13.6. The zero-order valence-electron chi connectivity index (χ0n) is 20.8. The quantitative estimate of drug-likeness (QED) is 0.442. The molecule has 1 aliphatic rings. The van der Waals surface area contributed by atoms with Crippen LogP contribution in [0.4, 0.5) is 14.9 Å². The number of likely N-dealkylation sites (tertiary alicyclic amines) is 1. The van der Waals surface area contributed by atoms with Gasteiger partial charge < -0.3 is 15.0 Å². The predicted molar refractivity (Wildman–Crippen MR) is 137 cm³/mol. The maximum atomic E-state index is 13.6. The Hall–Kier alpha value is -3.39. The number of aromatic nitrogens is 2. The Morgan fingerprint density at radius 1 is 1.11 bits per heavy atom. The van der Waals surface area contributed by atoms with Crippen LogP contribution in [-0.2, 0) is 4.74 Å². The Balaban J connectivity index is 1.61. The fourth-order valence-corrected chi connectivity index (χ4v) is 4.43. The molecule has 0 bridgehead atoms. The van der Waals surface area contributed by atoms with E-state index < -0.39 is 11.4 Å². The lowest BCUT2D eigenvalue weighted by molar-refractivity contribution is 0.0203. The van der Waals surface area contributed by atoms with E-state index in [-0.39, 0.29) is 22.9 Å². The van der Waals surface area contributed by atoms with E-state index in [4.69, 9.17) is 16.3 Å². The third kappa shape index (κ3) is 5.87. The molecule has 190 valence electrons. The molecular formula is C27H30ClFN4O3. The molecule has 9 heteroatoms. The molecule has 1 aromatic heterocycles. The maximum Gasteiger partial charge on any atom is 0.410 e. The van der Waals surface area contributed by atoms with Crippen LogP contribution in [0.25, 0.3) is 5.69 Å². The van der Waals surface area contributed by atoms with Gasteiger partial charge in [-0.3, -0.25) is 4.79 Å². The van der Waals surface area contributed by atoms with Gasteiger partial charge in [0.25, 0.3) is 5.91 Å². The van der Waals surface area contributed by atoms with E-state index in [1.165, 1.54) is 18.2 Å². The zero-order chi connectivity index (χ0) is 26.0. The molecule has 3 aromatic rings. The average Bonchev–Trinajstić information content (AvgIpc) is 3.26. The number of piperidine rings is 1. The van der Waals surface area contributed by atoms with Crippen LogP contribution in [0.15, 0.2) is 48.7 Å². The molecule has 1 aliphatic heterocycles. The Kier molecular flexibility index (Phi) is 7.36. The molecule has 0 radical (unpaired) electrons. The number of carbonyl (C=O) groups is 2. The van der Waals surface area contributed by atoms with Gasteiger partial charge in [0.05, 0.1) is 28.2 Å². The molecule has 1 fully saturated rings. The summed E-state index contributed by atoms with van der Waals surface area (Å²) in [7, 11) is 0. The highest BCUT2D eigenvalue weighted by Gasteiger charge is 2.32. The van der Waals surface area contributed by atoms with Crippen molar-refractivity contribution >= 4 is 29.3 Å². The zero-order valence-corrected chi connectivity index (χ0v) is 21.6. The fraction of sp³-hybridized carbons (Fsp3) is 0.370. The molecule has 0 spiro atoms. The van der Waals surface area contributed by atoms with E-state index in [2.05, 4.69) is 10.4 Å². The van der Waals surface area contributed by atoms with E-state index in [1.54, 1.807) is 15.8 Å². The molecule has 1 saturated heterocycles. The minimum Gasteiger partial charge on any atom is -0.444 e. The van der Waals surface area contributed by atoms with Gasteiger partial charge in [-0.1, -0.05) is 29.3 Å². The summed E-state index contributed by atoms with van der Waals surface area (Å²) in [5, 5.41) is 7.29. The van der Waals surface area contributed by atoms with Crippen LogP contribution in [0.1, 0.15) is 61.1 Å². The summed E-state index contributed by atoms with van der Waals surface area (Å²) in [6.07, 6.45) is 2.52. The first-order chi connectivity index (χ1) is 17.0. The number of benzene rings is 2. The van der Waals surface area contributed by atoms with E-state index in [0.717, 1.165) is 16.9 Å². The van der Waals surface area contributed by atoms with Crippen molar-refractivity contribution in [3.05, 3.63) is 76.3 Å². The number of rotatable bonds is 4. The number of hydrogen-bond acceptors (Lipinski definition) is 4. The highest BCUT2D eigenvalue weighted by Crippen LogP contribution is 2.33. The second kappa shape index (κ2) is 10.3. The molecular weight excluding hydrogens is 483 g/mol. The molecule has 2 aromatic carbocycles. The Morgan fingerprint density at radius 2 is 1.78 bits per heavy atom. The first-order valence-electron chi connectivity index (χ1n) is 11.9. The van der Waals surface area contributed by atoms with Crippen LogP contribution in [0, 0.1) is 12.7 Å². The first-order valence-corrected chi connectivity index (χ1v) is 12.3. The molecule has 7 nitrogen and oxygen atoms in total. The Morgan fingerprint density at radius 3 is 2.39 bits per heavy atom. The molecule has 0 aliphatic carbocycles. The summed E-state index contributed by atoms with van der Waals surface area (Å²) >= 11 is 5.89. The number of nitrogens with zero attached hydrogens (tertiary/aromatic N) is 3. The van der Waals surface area contributed by atoms with Crippen LogP contribution >= 0.6 is 11.6 Å². The number of carbonyl (C=O) groups excluding carboxylic acids is 2. The molecule has 4 rings (SSSR count). The van der Waals surface area contributed by atoms with E-state index in [9.17, 15) is 14.0 Å². The monoisotopic (exact) mass is 512 g/mol. The van der Waals surface area contributed by atoms with Gasteiger partial charge in [-0.15, -0.1) is 0 Å². The highest BCUT2D eigenvalue weighted by molar-refractivity contribution is 6.31. The summed E-state index contributed by atoms with van der Waals surface area (Å²) in [6.45, 7) is 8.55. The number of hydrogen-bond donors (Lipinski definition) is 1. The third-order valence-corrected chi connectivity index (χ3v) is 6.33. The first kappa shape index (κ1) is 25.7. The van der Waals surface area contributed by atoms with Crippen molar-refractivity contribution in [2.24, 2.45) is 0 Å². The summed E-state index contributed by atoms with van der Waals surface area (Å²) in [4.78, 5) is 27.6. The molecule has 0 saturated carbocycles. The van der Waals surface area contributed by atoms with Crippen molar-refractivity contribution < 1.29 is 18.7 Å². The van der Waals surface area contributed by atoms with Crippen molar-refractivity contribution in [3.63, 3.8) is 0 Å². The van der Waals surface area contributed by atoms with Crippen LogP contribution in [-0.4, -0.2) is 45.4 Å². The van der Waals surface area contributed by atoms with Crippen LogP contribution in [0.5, 0.6) is 0 Å². The lowest BCUT2D eigenvalue weighted by atomic mass is 9.90. The van der Waals surface area contributed by atoms with Crippen molar-refractivity contribution in [3.8, 4) is 5.69 Å². The minimum absolute atomic E-state index is 0.00922. The Labute approximate surface area is 215 Å². The molecule has 0 unspecified atom stereocenters. The Bertz CT molecular complexity index is 1260. The van der Waals surface area contributed by atoms with Gasteiger partial charge in [0.1, 0.15) is 11.4 Å². The summed E-state index contributed by atoms with van der Waals surface area (Å²) in [6, 6.07) is 12.0. The molecule has 1 N–H and O–H groups in total. The molecule has 2 heterocycles. The van der Waals surface area contributed by atoms with Gasteiger partial charge in [0, 0.05) is 24.7 Å². The number of halogens is 2. The van der Waals surface area contributed by atoms with Crippen molar-refractivity contribution in [1.29, 1.82) is 0 Å². The van der Waals surface area contributed by atoms with Crippen molar-refractivity contribution in [2.45, 2.75) is 52.1 Å².